The van der Waals surface area contributed by atoms with Crippen molar-refractivity contribution in [1.29, 1.82) is 5.26 Å². The number of imidazole rings is 1. The van der Waals surface area contributed by atoms with Crippen LogP contribution in [0, 0.1) is 25.2 Å². The van der Waals surface area contributed by atoms with Crippen molar-refractivity contribution in [3.8, 4) is 6.07 Å². The van der Waals surface area contributed by atoms with Crippen molar-refractivity contribution < 1.29 is 4.79 Å². The van der Waals surface area contributed by atoms with Gasteiger partial charge in [-0.05, 0) is 56.9 Å². The van der Waals surface area contributed by atoms with Gasteiger partial charge in [-0.3, -0.25) is 9.48 Å². The highest BCUT2D eigenvalue weighted by atomic mass is 16.1. The highest BCUT2D eigenvalue weighted by Gasteiger charge is 2.15. The van der Waals surface area contributed by atoms with Crippen LogP contribution in [0.15, 0.2) is 18.2 Å². The van der Waals surface area contributed by atoms with Gasteiger partial charge in [-0.15, -0.1) is 0 Å². The van der Waals surface area contributed by atoms with Crippen molar-refractivity contribution in [3.05, 3.63) is 41.0 Å². The first-order valence-corrected chi connectivity index (χ1v) is 10.8. The summed E-state index contributed by atoms with van der Waals surface area (Å²) in [6, 6.07) is 8.17. The number of anilines is 1. The van der Waals surface area contributed by atoms with Crippen LogP contribution in [0.4, 0.5) is 5.69 Å². The van der Waals surface area contributed by atoms with Crippen LogP contribution in [0.1, 0.15) is 54.9 Å². The molecule has 0 spiro atoms. The third kappa shape index (κ3) is 4.09. The maximum atomic E-state index is 12.6. The Morgan fingerprint density at radius 3 is 2.97 bits per heavy atom. The Balaban J connectivity index is 1.41. The molecule has 1 N–H and O–H groups in total. The van der Waals surface area contributed by atoms with E-state index < -0.39 is 0 Å². The van der Waals surface area contributed by atoms with E-state index in [1.54, 1.807) is 0 Å². The Morgan fingerprint density at radius 2 is 2.13 bits per heavy atom. The number of nitrogens with one attached hydrogen (secondary N) is 1. The number of nitriles is 1. The lowest BCUT2D eigenvalue weighted by molar-refractivity contribution is -0.116. The zero-order chi connectivity index (χ0) is 21.1. The van der Waals surface area contributed by atoms with Gasteiger partial charge in [0.1, 0.15) is 5.82 Å². The summed E-state index contributed by atoms with van der Waals surface area (Å²) in [6.07, 6.45) is 6.14. The summed E-state index contributed by atoms with van der Waals surface area (Å²) in [7, 11) is 0. The average molecular weight is 405 g/mol. The molecule has 0 radical (unpaired) electrons. The molecule has 0 fully saturated rings. The summed E-state index contributed by atoms with van der Waals surface area (Å²) in [5.74, 6) is 1.14. The fourth-order valence-electron chi connectivity index (χ4n) is 4.36. The number of hydrogen-bond acceptors (Lipinski definition) is 4. The van der Waals surface area contributed by atoms with Crippen LogP contribution >= 0.6 is 0 Å². The number of fused-ring (bicyclic) bond motifs is 3. The van der Waals surface area contributed by atoms with E-state index in [1.165, 1.54) is 19.3 Å². The van der Waals surface area contributed by atoms with E-state index in [9.17, 15) is 4.79 Å². The van der Waals surface area contributed by atoms with Gasteiger partial charge in [0, 0.05) is 30.8 Å². The van der Waals surface area contributed by atoms with E-state index in [-0.39, 0.29) is 5.91 Å². The van der Waals surface area contributed by atoms with Gasteiger partial charge in [-0.25, -0.2) is 4.98 Å². The maximum Gasteiger partial charge on any atom is 0.224 e. The second-order valence-corrected chi connectivity index (χ2v) is 8.02. The zero-order valence-electron chi connectivity index (χ0n) is 17.7. The molecule has 7 heteroatoms. The van der Waals surface area contributed by atoms with Crippen molar-refractivity contribution >= 4 is 22.6 Å². The Hall–Kier alpha value is -3.14. The highest BCUT2D eigenvalue weighted by molar-refractivity contribution is 5.93. The fraction of sp³-hybridized carbons (Fsp3) is 0.478. The second-order valence-electron chi connectivity index (χ2n) is 8.02. The third-order valence-corrected chi connectivity index (χ3v) is 5.96. The van der Waals surface area contributed by atoms with Gasteiger partial charge in [0.2, 0.25) is 5.91 Å². The molecule has 156 valence electrons. The molecule has 0 aliphatic carbocycles. The van der Waals surface area contributed by atoms with Gasteiger partial charge < -0.3 is 9.88 Å². The Bertz CT molecular complexity index is 1120. The van der Waals surface area contributed by atoms with E-state index in [0.29, 0.717) is 25.8 Å². The standard InChI is InChI=1S/C23H28N6O/c1-16-19(17(2)29(27-16)14-6-12-24)9-11-23(30)25-18-8-10-21-20(15-18)26-22-7-4-3-5-13-28(21)22/h8,10,15H,3-7,9,11,13-14H2,1-2H3,(H,25,30). The molecule has 4 rings (SSSR count). The zero-order valence-corrected chi connectivity index (χ0v) is 17.7. The molecule has 3 heterocycles. The van der Waals surface area contributed by atoms with E-state index in [0.717, 1.165) is 52.5 Å². The minimum absolute atomic E-state index is 0.0151. The lowest BCUT2D eigenvalue weighted by Crippen LogP contribution is -2.12. The fourth-order valence-corrected chi connectivity index (χ4v) is 4.36. The quantitative estimate of drug-likeness (QED) is 0.671. The number of carbonyl (C=O) groups excluding carboxylic acids is 1. The first-order valence-electron chi connectivity index (χ1n) is 10.8. The minimum Gasteiger partial charge on any atom is -0.328 e. The van der Waals surface area contributed by atoms with Gasteiger partial charge >= 0.3 is 0 Å². The molecular weight excluding hydrogens is 376 g/mol. The van der Waals surface area contributed by atoms with Gasteiger partial charge in [0.05, 0.1) is 35.8 Å². The largest absolute Gasteiger partial charge is 0.328 e. The first-order chi connectivity index (χ1) is 14.6. The molecule has 1 aromatic carbocycles. The Labute approximate surface area is 176 Å². The molecule has 0 saturated carbocycles. The van der Waals surface area contributed by atoms with Crippen LogP contribution in [-0.4, -0.2) is 25.2 Å². The van der Waals surface area contributed by atoms with Gasteiger partial charge in [0.25, 0.3) is 0 Å². The maximum absolute atomic E-state index is 12.6. The Kier molecular flexibility index (Phi) is 5.84. The molecule has 3 aromatic rings. The molecule has 1 aliphatic heterocycles. The number of aryl methyl sites for hydroxylation is 4. The van der Waals surface area contributed by atoms with Gasteiger partial charge in [-0.1, -0.05) is 6.42 Å². The monoisotopic (exact) mass is 404 g/mol. The number of carbonyl (C=O) groups is 1. The summed E-state index contributed by atoms with van der Waals surface area (Å²) >= 11 is 0. The van der Waals surface area contributed by atoms with Crippen LogP contribution < -0.4 is 5.32 Å². The van der Waals surface area contributed by atoms with E-state index >= 15 is 0 Å². The molecular formula is C23H28N6O. The molecule has 0 unspecified atom stereocenters. The van der Waals surface area contributed by atoms with E-state index in [2.05, 4.69) is 27.1 Å². The summed E-state index contributed by atoms with van der Waals surface area (Å²) in [6.45, 7) is 5.57. The number of nitrogens with zero attached hydrogens (tertiary/aromatic N) is 5. The lowest BCUT2D eigenvalue weighted by atomic mass is 10.1. The molecule has 1 amide bonds. The third-order valence-electron chi connectivity index (χ3n) is 5.96. The summed E-state index contributed by atoms with van der Waals surface area (Å²) < 4.78 is 4.19. The molecule has 0 bridgehead atoms. The van der Waals surface area contributed by atoms with E-state index in [4.69, 9.17) is 10.2 Å². The van der Waals surface area contributed by atoms with Crippen molar-refractivity contribution in [2.45, 2.75) is 71.9 Å². The van der Waals surface area contributed by atoms with Crippen LogP contribution in [0.5, 0.6) is 0 Å². The van der Waals surface area contributed by atoms with Crippen molar-refractivity contribution in [2.24, 2.45) is 0 Å². The molecule has 7 nitrogen and oxygen atoms in total. The number of rotatable bonds is 6. The van der Waals surface area contributed by atoms with Gasteiger partial charge in [0.15, 0.2) is 0 Å². The average Bonchev–Trinajstić information content (AvgIpc) is 3.09. The number of amides is 1. The van der Waals surface area contributed by atoms with E-state index in [1.807, 2.05) is 30.7 Å². The smallest absolute Gasteiger partial charge is 0.224 e. The van der Waals surface area contributed by atoms with Crippen molar-refractivity contribution in [1.82, 2.24) is 19.3 Å². The van der Waals surface area contributed by atoms with Crippen LogP contribution in [-0.2, 0) is 30.7 Å². The van der Waals surface area contributed by atoms with Crippen LogP contribution in [0.2, 0.25) is 0 Å². The number of aromatic nitrogens is 4. The van der Waals surface area contributed by atoms with Crippen LogP contribution in [0.25, 0.3) is 11.0 Å². The van der Waals surface area contributed by atoms with Gasteiger partial charge in [-0.2, -0.15) is 10.4 Å². The summed E-state index contributed by atoms with van der Waals surface area (Å²) in [4.78, 5) is 17.4. The molecule has 2 aromatic heterocycles. The predicted molar refractivity (Wildman–Crippen MR) is 116 cm³/mol. The highest BCUT2D eigenvalue weighted by Crippen LogP contribution is 2.24. The molecule has 1 aliphatic rings. The minimum atomic E-state index is -0.0151. The number of benzene rings is 1. The SMILES string of the molecule is Cc1nn(CCC#N)c(C)c1CCC(=O)Nc1ccc2c(c1)nc1n2CCCCC1. The molecule has 0 atom stereocenters. The normalized spacial score (nSPS) is 13.6. The summed E-state index contributed by atoms with van der Waals surface area (Å²) in [5.41, 5.74) is 5.96. The summed E-state index contributed by atoms with van der Waals surface area (Å²) in [5, 5.41) is 16.3. The Morgan fingerprint density at radius 1 is 1.27 bits per heavy atom. The predicted octanol–water partition coefficient (Wildman–Crippen LogP) is 4.06. The van der Waals surface area contributed by atoms with Crippen molar-refractivity contribution in [2.75, 3.05) is 5.32 Å². The van der Waals surface area contributed by atoms with Crippen molar-refractivity contribution in [3.63, 3.8) is 0 Å². The lowest BCUT2D eigenvalue weighted by Gasteiger charge is -2.07. The molecule has 0 saturated heterocycles. The van der Waals surface area contributed by atoms with Crippen LogP contribution in [0.3, 0.4) is 0 Å². The number of hydrogen-bond donors (Lipinski definition) is 1. The molecule has 30 heavy (non-hydrogen) atoms. The topological polar surface area (TPSA) is 88.5 Å². The second kappa shape index (κ2) is 8.70. The first kappa shape index (κ1) is 20.1.